The molecule has 0 aliphatic rings. The van der Waals surface area contributed by atoms with Crippen molar-refractivity contribution in [3.05, 3.63) is 126 Å². The Morgan fingerprint density at radius 1 is 0.714 bits per heavy atom. The lowest BCUT2D eigenvalue weighted by Crippen LogP contribution is -2.20. The number of hydrogen-bond donors (Lipinski definition) is 1. The van der Waals surface area contributed by atoms with Crippen LogP contribution in [0.3, 0.4) is 0 Å². The molecule has 5 nitrogen and oxygen atoms in total. The number of carbonyl (C=O) groups is 2. The van der Waals surface area contributed by atoms with Gasteiger partial charge in [0.15, 0.2) is 0 Å². The Kier molecular flexibility index (Phi) is 6.31. The fraction of sp³-hybridized carbons (Fsp3) is 0.0333. The molecule has 1 N–H and O–H groups in total. The molecule has 0 aliphatic carbocycles. The van der Waals surface area contributed by atoms with Crippen LogP contribution in [0.25, 0.3) is 21.5 Å². The molecular formula is C30H22N2O3. The van der Waals surface area contributed by atoms with E-state index in [1.54, 1.807) is 30.3 Å². The molecule has 0 bridgehead atoms. The Morgan fingerprint density at radius 3 is 2.17 bits per heavy atom. The first-order valence-electron chi connectivity index (χ1n) is 11.3. The third-order valence-corrected chi connectivity index (χ3v) is 5.76. The summed E-state index contributed by atoms with van der Waals surface area (Å²) in [5.41, 5.74) is 4.60. The van der Waals surface area contributed by atoms with Crippen molar-refractivity contribution in [2.75, 3.05) is 0 Å². The second-order valence-electron chi connectivity index (χ2n) is 8.06. The van der Waals surface area contributed by atoms with Gasteiger partial charge in [0.2, 0.25) is 5.91 Å². The van der Waals surface area contributed by atoms with Gasteiger partial charge < -0.3 is 4.74 Å². The van der Waals surface area contributed by atoms with Crippen molar-refractivity contribution in [2.24, 2.45) is 5.10 Å². The van der Waals surface area contributed by atoms with Crippen LogP contribution in [0.2, 0.25) is 0 Å². The number of esters is 1. The summed E-state index contributed by atoms with van der Waals surface area (Å²) in [7, 11) is 0. The zero-order chi connectivity index (χ0) is 24.0. The Balaban J connectivity index is 1.38. The Hall–Kier alpha value is -4.77. The highest BCUT2D eigenvalue weighted by Crippen LogP contribution is 2.27. The van der Waals surface area contributed by atoms with Crippen molar-refractivity contribution in [1.29, 1.82) is 0 Å². The fourth-order valence-electron chi connectivity index (χ4n) is 4.06. The van der Waals surface area contributed by atoms with Gasteiger partial charge in [-0.1, -0.05) is 91.0 Å². The van der Waals surface area contributed by atoms with Gasteiger partial charge in [-0.3, -0.25) is 4.79 Å². The largest absolute Gasteiger partial charge is 0.422 e. The van der Waals surface area contributed by atoms with Gasteiger partial charge in [-0.25, -0.2) is 10.2 Å². The zero-order valence-corrected chi connectivity index (χ0v) is 18.8. The average molecular weight is 459 g/mol. The Morgan fingerprint density at radius 2 is 1.37 bits per heavy atom. The van der Waals surface area contributed by atoms with E-state index in [0.717, 1.165) is 27.1 Å². The molecule has 0 heterocycles. The second kappa shape index (κ2) is 10.0. The van der Waals surface area contributed by atoms with Gasteiger partial charge in [0.05, 0.1) is 18.2 Å². The maximum Gasteiger partial charge on any atom is 0.343 e. The van der Waals surface area contributed by atoms with E-state index in [4.69, 9.17) is 4.74 Å². The van der Waals surface area contributed by atoms with E-state index in [-0.39, 0.29) is 12.3 Å². The lowest BCUT2D eigenvalue weighted by Gasteiger charge is -2.10. The van der Waals surface area contributed by atoms with E-state index >= 15 is 0 Å². The predicted molar refractivity (Wildman–Crippen MR) is 139 cm³/mol. The van der Waals surface area contributed by atoms with Crippen molar-refractivity contribution in [3.63, 3.8) is 0 Å². The van der Waals surface area contributed by atoms with Gasteiger partial charge in [-0.2, -0.15) is 5.10 Å². The van der Waals surface area contributed by atoms with Gasteiger partial charge in [-0.15, -0.1) is 0 Å². The highest BCUT2D eigenvalue weighted by atomic mass is 16.5. The molecule has 5 rings (SSSR count). The molecule has 5 heteroatoms. The standard InChI is InChI=1S/C30H22N2O3/c33-29(19-24-14-8-13-21-9-4-6-15-25(21)24)32-31-20-27-26-16-7-5-10-22(26)17-18-28(27)35-30(34)23-11-2-1-3-12-23/h1-18,20H,19H2,(H,32,33)/b31-20+. The van der Waals surface area contributed by atoms with E-state index in [1.165, 1.54) is 6.21 Å². The molecule has 0 saturated heterocycles. The maximum absolute atomic E-state index is 12.7. The number of nitrogens with zero attached hydrogens (tertiary/aromatic N) is 1. The topological polar surface area (TPSA) is 67.8 Å². The number of ether oxygens (including phenoxy) is 1. The van der Waals surface area contributed by atoms with E-state index in [9.17, 15) is 9.59 Å². The lowest BCUT2D eigenvalue weighted by molar-refractivity contribution is -0.120. The zero-order valence-electron chi connectivity index (χ0n) is 18.8. The fourth-order valence-corrected chi connectivity index (χ4v) is 4.06. The van der Waals surface area contributed by atoms with Crippen LogP contribution in [0.15, 0.2) is 114 Å². The normalized spacial score (nSPS) is 11.1. The van der Waals surface area contributed by atoms with Crippen LogP contribution in [0, 0.1) is 0 Å². The van der Waals surface area contributed by atoms with Crippen molar-refractivity contribution < 1.29 is 14.3 Å². The quantitative estimate of drug-likeness (QED) is 0.149. The van der Waals surface area contributed by atoms with Crippen LogP contribution in [0.4, 0.5) is 0 Å². The molecule has 0 fully saturated rings. The molecule has 35 heavy (non-hydrogen) atoms. The number of nitrogens with one attached hydrogen (secondary N) is 1. The monoisotopic (exact) mass is 458 g/mol. The van der Waals surface area contributed by atoms with Crippen LogP contribution in [-0.2, 0) is 11.2 Å². The Labute approximate surface area is 202 Å². The number of fused-ring (bicyclic) bond motifs is 2. The minimum atomic E-state index is -0.462. The smallest absolute Gasteiger partial charge is 0.343 e. The number of hydrogen-bond acceptors (Lipinski definition) is 4. The predicted octanol–water partition coefficient (Wildman–Crippen LogP) is 5.91. The highest BCUT2D eigenvalue weighted by molar-refractivity contribution is 6.04. The molecular weight excluding hydrogens is 436 g/mol. The molecule has 5 aromatic rings. The maximum atomic E-state index is 12.7. The lowest BCUT2D eigenvalue weighted by atomic mass is 10.0. The molecule has 0 spiro atoms. The summed E-state index contributed by atoms with van der Waals surface area (Å²) in [6, 6.07) is 34.0. The Bertz CT molecular complexity index is 1550. The molecule has 1 amide bonds. The number of benzene rings is 5. The van der Waals surface area contributed by atoms with Crippen LogP contribution >= 0.6 is 0 Å². The summed E-state index contributed by atoms with van der Waals surface area (Å²) in [5, 5.41) is 8.15. The van der Waals surface area contributed by atoms with Crippen LogP contribution in [-0.4, -0.2) is 18.1 Å². The van der Waals surface area contributed by atoms with E-state index in [0.29, 0.717) is 16.9 Å². The van der Waals surface area contributed by atoms with Gasteiger partial charge in [0.1, 0.15) is 5.75 Å². The summed E-state index contributed by atoms with van der Waals surface area (Å²) in [6.07, 6.45) is 1.72. The summed E-state index contributed by atoms with van der Waals surface area (Å²) in [4.78, 5) is 25.3. The first-order chi connectivity index (χ1) is 17.2. The summed E-state index contributed by atoms with van der Waals surface area (Å²) < 4.78 is 5.70. The molecule has 0 aliphatic heterocycles. The van der Waals surface area contributed by atoms with E-state index < -0.39 is 5.97 Å². The summed E-state index contributed by atoms with van der Waals surface area (Å²) in [6.45, 7) is 0. The van der Waals surface area contributed by atoms with Gasteiger partial charge in [-0.05, 0) is 45.3 Å². The summed E-state index contributed by atoms with van der Waals surface area (Å²) in [5.74, 6) is -0.333. The van der Waals surface area contributed by atoms with Crippen molar-refractivity contribution >= 4 is 39.6 Å². The number of carbonyl (C=O) groups excluding carboxylic acids is 2. The first-order valence-corrected chi connectivity index (χ1v) is 11.3. The number of rotatable bonds is 6. The van der Waals surface area contributed by atoms with Crippen LogP contribution in [0.5, 0.6) is 5.75 Å². The first kappa shape index (κ1) is 22.0. The molecule has 5 aromatic carbocycles. The molecule has 0 saturated carbocycles. The minimum absolute atomic E-state index is 0.198. The molecule has 170 valence electrons. The number of amides is 1. The van der Waals surface area contributed by atoms with Crippen LogP contribution < -0.4 is 10.2 Å². The van der Waals surface area contributed by atoms with E-state index in [1.807, 2.05) is 78.9 Å². The molecule has 0 aromatic heterocycles. The second-order valence-corrected chi connectivity index (χ2v) is 8.06. The van der Waals surface area contributed by atoms with Crippen molar-refractivity contribution in [3.8, 4) is 5.75 Å². The average Bonchev–Trinajstić information content (AvgIpc) is 2.90. The SMILES string of the molecule is O=C(Cc1cccc2ccccc12)N/N=C/c1c(OC(=O)c2ccccc2)ccc2ccccc12. The van der Waals surface area contributed by atoms with Crippen LogP contribution in [0.1, 0.15) is 21.5 Å². The van der Waals surface area contributed by atoms with E-state index in [2.05, 4.69) is 10.5 Å². The number of hydrazone groups is 1. The van der Waals surface area contributed by atoms with Gasteiger partial charge in [0, 0.05) is 5.56 Å². The molecule has 0 atom stereocenters. The third kappa shape index (κ3) is 4.94. The van der Waals surface area contributed by atoms with Gasteiger partial charge in [0.25, 0.3) is 0 Å². The van der Waals surface area contributed by atoms with Crippen molar-refractivity contribution in [1.82, 2.24) is 5.43 Å². The highest BCUT2D eigenvalue weighted by Gasteiger charge is 2.13. The minimum Gasteiger partial charge on any atom is -0.422 e. The molecule has 0 unspecified atom stereocenters. The van der Waals surface area contributed by atoms with Crippen molar-refractivity contribution in [2.45, 2.75) is 6.42 Å². The summed E-state index contributed by atoms with van der Waals surface area (Å²) >= 11 is 0. The molecule has 0 radical (unpaired) electrons. The van der Waals surface area contributed by atoms with Gasteiger partial charge >= 0.3 is 5.97 Å². The third-order valence-electron chi connectivity index (χ3n) is 5.76.